The first kappa shape index (κ1) is 18.6. The van der Waals surface area contributed by atoms with Crippen molar-refractivity contribution < 1.29 is 18.3 Å². The molecule has 1 aliphatic rings. The molecule has 1 heterocycles. The van der Waals surface area contributed by atoms with Gasteiger partial charge in [0.25, 0.3) is 0 Å². The summed E-state index contributed by atoms with van der Waals surface area (Å²) in [5.41, 5.74) is 1.35. The largest absolute Gasteiger partial charge is 0.433 e. The molecule has 1 amide bonds. The van der Waals surface area contributed by atoms with E-state index in [1.54, 1.807) is 12.1 Å². The smallest absolute Gasteiger partial charge is 0.387 e. The molecule has 2 aromatic carbocycles. The van der Waals surface area contributed by atoms with Gasteiger partial charge in [0.15, 0.2) is 0 Å². The average Bonchev–Trinajstić information content (AvgIpc) is 3.05. The minimum atomic E-state index is -2.94. The Kier molecular flexibility index (Phi) is 6.06. The molecule has 26 heavy (non-hydrogen) atoms. The van der Waals surface area contributed by atoms with Crippen LogP contribution < -0.4 is 10.1 Å². The third kappa shape index (κ3) is 4.71. The summed E-state index contributed by atoms with van der Waals surface area (Å²) >= 11 is 5.94. The molecule has 0 spiro atoms. The van der Waals surface area contributed by atoms with Crippen LogP contribution in [0.4, 0.5) is 14.5 Å². The van der Waals surface area contributed by atoms with Crippen molar-refractivity contribution in [2.75, 3.05) is 18.4 Å². The van der Waals surface area contributed by atoms with E-state index in [9.17, 15) is 13.6 Å². The summed E-state index contributed by atoms with van der Waals surface area (Å²) in [7, 11) is 0. The minimum absolute atomic E-state index is 0.0495. The quantitative estimate of drug-likeness (QED) is 0.788. The van der Waals surface area contributed by atoms with Crippen molar-refractivity contribution in [3.8, 4) is 5.75 Å². The van der Waals surface area contributed by atoms with Crippen molar-refractivity contribution in [3.05, 3.63) is 59.1 Å². The van der Waals surface area contributed by atoms with E-state index in [4.69, 9.17) is 11.6 Å². The maximum atomic E-state index is 12.5. The Morgan fingerprint density at radius 1 is 1.23 bits per heavy atom. The molecule has 1 unspecified atom stereocenters. The molecule has 0 bridgehead atoms. The second-order valence-corrected chi connectivity index (χ2v) is 6.54. The van der Waals surface area contributed by atoms with E-state index in [0.717, 1.165) is 24.9 Å². The maximum absolute atomic E-state index is 12.5. The zero-order valence-corrected chi connectivity index (χ0v) is 14.8. The molecule has 3 rings (SSSR count). The molecular weight excluding hydrogens is 362 g/mol. The van der Waals surface area contributed by atoms with Gasteiger partial charge in [-0.2, -0.15) is 8.78 Å². The Balaban J connectivity index is 1.65. The zero-order valence-electron chi connectivity index (χ0n) is 14.0. The molecule has 1 saturated heterocycles. The number of hydrogen-bond acceptors (Lipinski definition) is 3. The third-order valence-electron chi connectivity index (χ3n) is 4.34. The molecule has 7 heteroatoms. The lowest BCUT2D eigenvalue weighted by Crippen LogP contribution is -2.33. The molecule has 1 fully saturated rings. The fraction of sp³-hybridized carbons (Fsp3) is 0.316. The fourth-order valence-corrected chi connectivity index (χ4v) is 3.35. The summed E-state index contributed by atoms with van der Waals surface area (Å²) < 4.78 is 29.4. The molecule has 4 nitrogen and oxygen atoms in total. The molecule has 2 aromatic rings. The van der Waals surface area contributed by atoms with Crippen LogP contribution >= 0.6 is 11.6 Å². The van der Waals surface area contributed by atoms with Gasteiger partial charge in [0.05, 0.1) is 12.2 Å². The van der Waals surface area contributed by atoms with Crippen molar-refractivity contribution >= 4 is 23.2 Å². The lowest BCUT2D eigenvalue weighted by atomic mass is 10.0. The molecule has 138 valence electrons. The third-order valence-corrected chi connectivity index (χ3v) is 4.59. The molecule has 0 radical (unpaired) electrons. The predicted molar refractivity (Wildman–Crippen MR) is 96.7 cm³/mol. The molecule has 0 saturated carbocycles. The van der Waals surface area contributed by atoms with Crippen LogP contribution in [0.3, 0.4) is 0 Å². The number of hydrogen-bond donors (Lipinski definition) is 1. The average molecular weight is 381 g/mol. The van der Waals surface area contributed by atoms with E-state index in [1.807, 2.05) is 24.3 Å². The molecule has 1 N–H and O–H groups in total. The van der Waals surface area contributed by atoms with Crippen molar-refractivity contribution in [2.45, 2.75) is 25.5 Å². The van der Waals surface area contributed by atoms with Gasteiger partial charge in [-0.15, -0.1) is 0 Å². The van der Waals surface area contributed by atoms with Crippen molar-refractivity contribution in [1.82, 2.24) is 4.90 Å². The Morgan fingerprint density at radius 2 is 1.96 bits per heavy atom. The summed E-state index contributed by atoms with van der Waals surface area (Å²) in [6.07, 6.45) is 1.95. The van der Waals surface area contributed by atoms with E-state index < -0.39 is 6.61 Å². The van der Waals surface area contributed by atoms with Crippen molar-refractivity contribution in [1.29, 1.82) is 0 Å². The number of amides is 1. The number of alkyl halides is 2. The number of carbonyl (C=O) groups is 1. The number of para-hydroxylation sites is 2. The number of halogens is 3. The Morgan fingerprint density at radius 3 is 2.69 bits per heavy atom. The van der Waals surface area contributed by atoms with Gasteiger partial charge in [-0.3, -0.25) is 9.69 Å². The van der Waals surface area contributed by atoms with Gasteiger partial charge in [0, 0.05) is 11.1 Å². The van der Waals surface area contributed by atoms with Crippen LogP contribution in [0.1, 0.15) is 24.4 Å². The lowest BCUT2D eigenvalue weighted by Gasteiger charge is -2.24. The number of likely N-dealkylation sites (tertiary alicyclic amines) is 1. The second kappa shape index (κ2) is 8.47. The number of nitrogens with one attached hydrogen (secondary N) is 1. The van der Waals surface area contributed by atoms with Crippen LogP contribution in [0.15, 0.2) is 48.5 Å². The SMILES string of the molecule is O=C(CN1CCCC1c1ccc(Cl)cc1)Nc1ccccc1OC(F)F. The van der Waals surface area contributed by atoms with Crippen molar-refractivity contribution in [2.24, 2.45) is 0 Å². The van der Waals surface area contributed by atoms with Crippen LogP contribution in [0.2, 0.25) is 5.02 Å². The normalized spacial score (nSPS) is 17.5. The van der Waals surface area contributed by atoms with Gasteiger partial charge < -0.3 is 10.1 Å². The number of nitrogens with zero attached hydrogens (tertiary/aromatic N) is 1. The highest BCUT2D eigenvalue weighted by Crippen LogP contribution is 2.32. The first-order valence-corrected chi connectivity index (χ1v) is 8.74. The van der Waals surface area contributed by atoms with Gasteiger partial charge >= 0.3 is 6.61 Å². The molecule has 0 aromatic heterocycles. The highest BCUT2D eigenvalue weighted by Gasteiger charge is 2.27. The van der Waals surface area contributed by atoms with Crippen molar-refractivity contribution in [3.63, 3.8) is 0 Å². The first-order valence-electron chi connectivity index (χ1n) is 8.36. The summed E-state index contributed by atoms with van der Waals surface area (Å²) in [4.78, 5) is 14.5. The number of anilines is 1. The van der Waals surface area contributed by atoms with Crippen LogP contribution in [0.5, 0.6) is 5.75 Å². The van der Waals surface area contributed by atoms with Gasteiger partial charge in [-0.05, 0) is 49.2 Å². The Labute approximate surface area is 155 Å². The standard InChI is InChI=1S/C19H19ClF2N2O2/c20-14-9-7-13(8-10-14)16-5-3-11-24(16)12-18(25)23-15-4-1-2-6-17(15)26-19(21)22/h1-2,4,6-10,16,19H,3,5,11-12H2,(H,23,25). The lowest BCUT2D eigenvalue weighted by molar-refractivity contribution is -0.117. The van der Waals surface area contributed by atoms with E-state index in [-0.39, 0.29) is 29.9 Å². The Hall–Kier alpha value is -2.18. The topological polar surface area (TPSA) is 41.6 Å². The first-order chi connectivity index (χ1) is 12.5. The molecule has 0 aliphatic carbocycles. The van der Waals surface area contributed by atoms with Crippen LogP contribution in [-0.4, -0.2) is 30.5 Å². The van der Waals surface area contributed by atoms with E-state index in [0.29, 0.717) is 5.02 Å². The maximum Gasteiger partial charge on any atom is 0.387 e. The second-order valence-electron chi connectivity index (χ2n) is 6.10. The zero-order chi connectivity index (χ0) is 18.5. The van der Waals surface area contributed by atoms with E-state index in [2.05, 4.69) is 15.0 Å². The highest BCUT2D eigenvalue weighted by molar-refractivity contribution is 6.30. The van der Waals surface area contributed by atoms with Crippen LogP contribution in [0, 0.1) is 0 Å². The fourth-order valence-electron chi connectivity index (χ4n) is 3.22. The van der Waals surface area contributed by atoms with Gasteiger partial charge in [-0.25, -0.2) is 0 Å². The predicted octanol–water partition coefficient (Wildman–Crippen LogP) is 4.72. The summed E-state index contributed by atoms with van der Waals surface area (Å²) in [5.74, 6) is -0.317. The molecular formula is C19H19ClF2N2O2. The summed E-state index contributed by atoms with van der Waals surface area (Å²) in [6.45, 7) is -1.97. The van der Waals surface area contributed by atoms with Gasteiger partial charge in [0.1, 0.15) is 5.75 Å². The summed E-state index contributed by atoms with van der Waals surface area (Å²) in [5, 5.41) is 3.34. The minimum Gasteiger partial charge on any atom is -0.433 e. The molecule has 1 atom stereocenters. The Bertz CT molecular complexity index is 755. The number of carbonyl (C=O) groups excluding carboxylic acids is 1. The van der Waals surface area contributed by atoms with E-state index in [1.165, 1.54) is 12.1 Å². The van der Waals surface area contributed by atoms with Gasteiger partial charge in [-0.1, -0.05) is 35.9 Å². The number of benzene rings is 2. The number of rotatable bonds is 6. The monoisotopic (exact) mass is 380 g/mol. The number of ether oxygens (including phenoxy) is 1. The molecule has 1 aliphatic heterocycles. The summed E-state index contributed by atoms with van der Waals surface area (Å²) in [6, 6.07) is 13.9. The van der Waals surface area contributed by atoms with Crippen LogP contribution in [0.25, 0.3) is 0 Å². The van der Waals surface area contributed by atoms with Gasteiger partial charge in [0.2, 0.25) is 5.91 Å². The highest BCUT2D eigenvalue weighted by atomic mass is 35.5. The van der Waals surface area contributed by atoms with Crippen LogP contribution in [-0.2, 0) is 4.79 Å². The van der Waals surface area contributed by atoms with E-state index >= 15 is 0 Å².